The molecule has 3 atom stereocenters. The lowest BCUT2D eigenvalue weighted by molar-refractivity contribution is -0.0210. The number of pyridine rings is 1. The summed E-state index contributed by atoms with van der Waals surface area (Å²) in [5.74, 6) is -0.321. The fourth-order valence-corrected chi connectivity index (χ4v) is 5.89. The van der Waals surface area contributed by atoms with E-state index in [0.29, 0.717) is 5.56 Å². The van der Waals surface area contributed by atoms with Crippen LogP contribution in [0.4, 0.5) is 4.39 Å². The van der Waals surface area contributed by atoms with E-state index < -0.39 is 27.4 Å². The molecule has 0 amide bonds. The molecule has 9 nitrogen and oxygen atoms in total. The zero-order valence-electron chi connectivity index (χ0n) is 16.9. The Morgan fingerprint density at radius 3 is 2.90 bits per heavy atom. The Kier molecular flexibility index (Phi) is 5.26. The highest BCUT2D eigenvalue weighted by atomic mass is 32.3. The molecule has 0 spiro atoms. The molecule has 1 saturated heterocycles. The minimum absolute atomic E-state index is 0.0776. The smallest absolute Gasteiger partial charge is 0.220 e. The van der Waals surface area contributed by atoms with Gasteiger partial charge >= 0.3 is 0 Å². The van der Waals surface area contributed by atoms with Crippen molar-refractivity contribution in [1.82, 2.24) is 9.29 Å². The lowest BCUT2D eigenvalue weighted by Crippen LogP contribution is -2.59. The van der Waals surface area contributed by atoms with Gasteiger partial charge in [-0.2, -0.15) is 5.26 Å². The summed E-state index contributed by atoms with van der Waals surface area (Å²) in [5.41, 5.74) is 4.99. The zero-order chi connectivity index (χ0) is 22.4. The molecule has 0 bridgehead atoms. The molecule has 164 valence electrons. The van der Waals surface area contributed by atoms with E-state index in [1.165, 1.54) is 43.6 Å². The molecule has 0 aliphatic carbocycles. The molecular weight excluding hydrogens is 425 g/mol. The summed E-state index contributed by atoms with van der Waals surface area (Å²) < 4.78 is 49.7. The summed E-state index contributed by atoms with van der Waals surface area (Å²) >= 11 is 0. The van der Waals surface area contributed by atoms with Crippen LogP contribution in [0.15, 0.2) is 41.5 Å². The molecule has 1 aromatic heterocycles. The molecule has 4 rings (SSSR count). The third-order valence-corrected chi connectivity index (χ3v) is 7.92. The molecule has 4 N–H and O–H groups in total. The largest absolute Gasteiger partial charge is 0.439 e. The van der Waals surface area contributed by atoms with Gasteiger partial charge in [0.2, 0.25) is 11.8 Å². The topological polar surface area (TPSA) is 137 Å². The third-order valence-electron chi connectivity index (χ3n) is 5.58. The first-order valence-corrected chi connectivity index (χ1v) is 11.1. The average Bonchev–Trinajstić information content (AvgIpc) is 2.75. The number of rotatable bonds is 3. The molecule has 3 heterocycles. The Hall–Kier alpha value is -2.91. The number of guanidine groups is 1. The molecule has 1 fully saturated rings. The normalized spacial score (nSPS) is 28.1. The minimum atomic E-state index is -3.41. The van der Waals surface area contributed by atoms with Gasteiger partial charge in [-0.1, -0.05) is 0 Å². The van der Waals surface area contributed by atoms with Gasteiger partial charge in [0, 0.05) is 24.9 Å². The van der Waals surface area contributed by atoms with Crippen molar-refractivity contribution in [2.24, 2.45) is 10.7 Å². The average molecular weight is 447 g/mol. The molecule has 1 aromatic carbocycles. The van der Waals surface area contributed by atoms with Gasteiger partial charge in [-0.3, -0.25) is 9.11 Å². The van der Waals surface area contributed by atoms with E-state index in [0.717, 1.165) is 4.31 Å². The van der Waals surface area contributed by atoms with Crippen molar-refractivity contribution in [3.05, 3.63) is 53.5 Å². The van der Waals surface area contributed by atoms with Gasteiger partial charge in [0.05, 0.1) is 24.3 Å². The van der Waals surface area contributed by atoms with Crippen molar-refractivity contribution in [2.45, 2.75) is 30.2 Å². The van der Waals surface area contributed by atoms with Gasteiger partial charge in [0.1, 0.15) is 22.4 Å². The third kappa shape index (κ3) is 3.57. The van der Waals surface area contributed by atoms with Gasteiger partial charge in [0.25, 0.3) is 0 Å². The van der Waals surface area contributed by atoms with Crippen molar-refractivity contribution in [3.8, 4) is 17.7 Å². The second kappa shape index (κ2) is 7.65. The SMILES string of the molecule is C[C@H]1C[C@@H]2[C@](c3cc(Oc4cc(C#N)ccn4)ccc3F)(CO1)N=C(N)N(C)S2(O)O. The molecule has 11 heteroatoms. The number of benzene rings is 1. The lowest BCUT2D eigenvalue weighted by atomic mass is 9.82. The second-order valence-corrected chi connectivity index (χ2v) is 9.78. The summed E-state index contributed by atoms with van der Waals surface area (Å²) in [6, 6.07) is 9.04. The van der Waals surface area contributed by atoms with Crippen LogP contribution >= 0.6 is 10.8 Å². The molecule has 2 aliphatic rings. The molecule has 0 radical (unpaired) electrons. The highest BCUT2D eigenvalue weighted by Gasteiger charge is 2.57. The molecule has 2 aliphatic heterocycles. The number of aromatic nitrogens is 1. The summed E-state index contributed by atoms with van der Waals surface area (Å²) in [5, 5.41) is 8.21. The van der Waals surface area contributed by atoms with Crippen LogP contribution in [-0.2, 0) is 10.3 Å². The van der Waals surface area contributed by atoms with Crippen molar-refractivity contribution in [2.75, 3.05) is 13.7 Å². The number of halogens is 1. The van der Waals surface area contributed by atoms with E-state index in [4.69, 9.17) is 20.5 Å². The maximum Gasteiger partial charge on any atom is 0.220 e. The number of hydrogen-bond acceptors (Lipinski definition) is 9. The molecule has 0 saturated carbocycles. The van der Waals surface area contributed by atoms with Gasteiger partial charge in [-0.25, -0.2) is 18.7 Å². The fourth-order valence-electron chi connectivity index (χ4n) is 3.89. The van der Waals surface area contributed by atoms with Crippen LogP contribution in [0.3, 0.4) is 0 Å². The van der Waals surface area contributed by atoms with Crippen molar-refractivity contribution in [1.29, 1.82) is 5.26 Å². The van der Waals surface area contributed by atoms with Crippen LogP contribution in [0.1, 0.15) is 24.5 Å². The fraction of sp³-hybridized carbons (Fsp3) is 0.350. The Balaban J connectivity index is 1.81. The van der Waals surface area contributed by atoms with Gasteiger partial charge in [0.15, 0.2) is 0 Å². The Labute approximate surface area is 180 Å². The predicted molar refractivity (Wildman–Crippen MR) is 113 cm³/mol. The van der Waals surface area contributed by atoms with E-state index in [2.05, 4.69) is 9.98 Å². The van der Waals surface area contributed by atoms with E-state index >= 15 is 4.39 Å². The first kappa shape index (κ1) is 21.3. The molecule has 2 aromatic rings. The van der Waals surface area contributed by atoms with Crippen LogP contribution in [0, 0.1) is 17.1 Å². The van der Waals surface area contributed by atoms with Gasteiger partial charge < -0.3 is 15.2 Å². The Bertz CT molecular complexity index is 1090. The van der Waals surface area contributed by atoms with Crippen LogP contribution in [0.2, 0.25) is 0 Å². The number of aliphatic imine (C=N–C) groups is 1. The van der Waals surface area contributed by atoms with E-state index in [9.17, 15) is 9.11 Å². The lowest BCUT2D eigenvalue weighted by Gasteiger charge is -2.58. The van der Waals surface area contributed by atoms with Gasteiger partial charge in [-0.15, -0.1) is 10.8 Å². The van der Waals surface area contributed by atoms with Crippen LogP contribution in [-0.4, -0.2) is 49.4 Å². The van der Waals surface area contributed by atoms with Gasteiger partial charge in [-0.05, 0) is 37.6 Å². The summed E-state index contributed by atoms with van der Waals surface area (Å²) in [6.45, 7) is 1.73. The van der Waals surface area contributed by atoms with E-state index in [-0.39, 0.29) is 42.3 Å². The monoisotopic (exact) mass is 447 g/mol. The van der Waals surface area contributed by atoms with Crippen molar-refractivity contribution < 1.29 is 23.0 Å². The number of nitrogens with two attached hydrogens (primary N) is 1. The summed E-state index contributed by atoms with van der Waals surface area (Å²) in [7, 11) is -1.96. The van der Waals surface area contributed by atoms with E-state index in [1.807, 2.05) is 13.0 Å². The predicted octanol–water partition coefficient (Wildman–Crippen LogP) is 3.18. The Morgan fingerprint density at radius 1 is 1.39 bits per heavy atom. The number of nitrogens with zero attached hydrogens (tertiary/aromatic N) is 4. The molecule has 0 unspecified atom stereocenters. The highest BCUT2D eigenvalue weighted by molar-refractivity contribution is 8.23. The second-order valence-electron chi connectivity index (χ2n) is 7.54. The zero-order valence-corrected chi connectivity index (χ0v) is 17.7. The summed E-state index contributed by atoms with van der Waals surface area (Å²) in [6.07, 6.45) is 1.41. The Morgan fingerprint density at radius 2 is 2.16 bits per heavy atom. The first-order chi connectivity index (χ1) is 14.7. The standard InChI is InChI=1S/C20H22FN5O4S/c1-12-7-17-20(11-29-12,25-19(23)26(2)31(17,27)28)15-9-14(3-4-16(15)21)30-18-8-13(10-22)5-6-24-18/h3-6,8-9,12,17,27-28H,7,11H2,1-2H3,(H2,23,25)/t12-,17+,20+/m0/s1. The maximum absolute atomic E-state index is 15.1. The maximum atomic E-state index is 15.1. The number of hydrogen-bond donors (Lipinski definition) is 3. The minimum Gasteiger partial charge on any atom is -0.439 e. The molecular formula is C20H22FN5O4S. The van der Waals surface area contributed by atoms with Crippen molar-refractivity contribution in [3.63, 3.8) is 0 Å². The van der Waals surface area contributed by atoms with E-state index in [1.54, 1.807) is 0 Å². The molecule has 31 heavy (non-hydrogen) atoms. The summed E-state index contributed by atoms with van der Waals surface area (Å²) in [4.78, 5) is 8.56. The number of nitriles is 1. The number of fused-ring (bicyclic) bond motifs is 1. The highest BCUT2D eigenvalue weighted by Crippen LogP contribution is 2.61. The first-order valence-electron chi connectivity index (χ1n) is 9.49. The number of ether oxygens (including phenoxy) is 2. The van der Waals surface area contributed by atoms with Crippen molar-refractivity contribution >= 4 is 16.7 Å². The van der Waals surface area contributed by atoms with Crippen LogP contribution in [0.5, 0.6) is 11.6 Å². The van der Waals surface area contributed by atoms with Crippen LogP contribution in [0.25, 0.3) is 0 Å². The van der Waals surface area contributed by atoms with Crippen LogP contribution < -0.4 is 10.5 Å². The quantitative estimate of drug-likeness (QED) is 0.652.